The molecule has 2 aromatic heterocycles. The maximum absolute atomic E-state index is 8.66. The summed E-state index contributed by atoms with van der Waals surface area (Å²) >= 11 is 0. The lowest BCUT2D eigenvalue weighted by molar-refractivity contribution is 0.318. The van der Waals surface area contributed by atoms with Gasteiger partial charge in [-0.2, -0.15) is 0 Å². The van der Waals surface area contributed by atoms with Gasteiger partial charge in [-0.1, -0.05) is 5.16 Å². The average molecular weight is 204 g/mol. The van der Waals surface area contributed by atoms with Crippen LogP contribution < -0.4 is 5.73 Å². The minimum atomic E-state index is 0.105. The number of amidine groups is 1. The van der Waals surface area contributed by atoms with E-state index in [1.54, 1.807) is 12.3 Å². The smallest absolute Gasteiger partial charge is 0.170 e. The minimum Gasteiger partial charge on any atom is -0.409 e. The molecule has 5 heteroatoms. The quantitative estimate of drug-likeness (QED) is 0.314. The Balaban J connectivity index is 2.83. The highest BCUT2D eigenvalue weighted by molar-refractivity contribution is 6.07. The Hall–Kier alpha value is -2.04. The van der Waals surface area contributed by atoms with Crippen LogP contribution in [-0.4, -0.2) is 20.6 Å². The van der Waals surface area contributed by atoms with Gasteiger partial charge in [0, 0.05) is 29.9 Å². The standard InChI is InChI=1S/C10H12N4O/c1-6-5-8-7(9(11)13-15)3-4-12-10(8)14(6)2/h3-5,15H,1-2H3,(H2,11,13). The third-order valence-electron chi connectivity index (χ3n) is 2.55. The lowest BCUT2D eigenvalue weighted by Gasteiger charge is -2.01. The van der Waals surface area contributed by atoms with Crippen molar-refractivity contribution in [2.45, 2.75) is 6.92 Å². The van der Waals surface area contributed by atoms with Gasteiger partial charge in [-0.05, 0) is 19.1 Å². The van der Waals surface area contributed by atoms with Crippen molar-refractivity contribution in [2.75, 3.05) is 0 Å². The summed E-state index contributed by atoms with van der Waals surface area (Å²) in [4.78, 5) is 4.25. The SMILES string of the molecule is Cc1cc2c(/C(N)=N\O)ccnc2n1C. The van der Waals surface area contributed by atoms with Crippen molar-refractivity contribution in [3.63, 3.8) is 0 Å². The molecule has 2 heterocycles. The van der Waals surface area contributed by atoms with Crippen molar-refractivity contribution in [1.29, 1.82) is 0 Å². The van der Waals surface area contributed by atoms with Crippen molar-refractivity contribution < 1.29 is 5.21 Å². The normalized spacial score (nSPS) is 12.3. The molecule has 0 aliphatic rings. The molecule has 0 bridgehead atoms. The Labute approximate surface area is 86.8 Å². The summed E-state index contributed by atoms with van der Waals surface area (Å²) < 4.78 is 1.96. The number of oxime groups is 1. The zero-order valence-electron chi connectivity index (χ0n) is 8.60. The molecule has 0 amide bonds. The van der Waals surface area contributed by atoms with E-state index in [2.05, 4.69) is 10.1 Å². The monoisotopic (exact) mass is 204 g/mol. The van der Waals surface area contributed by atoms with Crippen LogP contribution >= 0.6 is 0 Å². The predicted octanol–water partition coefficient (Wildman–Crippen LogP) is 0.976. The van der Waals surface area contributed by atoms with E-state index in [1.165, 1.54) is 0 Å². The first-order valence-electron chi connectivity index (χ1n) is 4.54. The van der Waals surface area contributed by atoms with Gasteiger partial charge in [0.1, 0.15) is 5.65 Å². The average Bonchev–Trinajstić information content (AvgIpc) is 2.54. The molecule has 0 unspecified atom stereocenters. The molecule has 0 saturated carbocycles. The van der Waals surface area contributed by atoms with Gasteiger partial charge in [-0.25, -0.2) is 4.98 Å². The van der Waals surface area contributed by atoms with Crippen molar-refractivity contribution >= 4 is 16.9 Å². The number of hydrogen-bond acceptors (Lipinski definition) is 3. The van der Waals surface area contributed by atoms with Crippen molar-refractivity contribution in [3.8, 4) is 0 Å². The van der Waals surface area contributed by atoms with Gasteiger partial charge in [0.15, 0.2) is 5.84 Å². The molecule has 15 heavy (non-hydrogen) atoms. The van der Waals surface area contributed by atoms with E-state index in [0.717, 1.165) is 16.7 Å². The summed E-state index contributed by atoms with van der Waals surface area (Å²) in [5.41, 5.74) is 8.19. The van der Waals surface area contributed by atoms with Crippen LogP contribution in [0.1, 0.15) is 11.3 Å². The second kappa shape index (κ2) is 3.27. The van der Waals surface area contributed by atoms with E-state index >= 15 is 0 Å². The molecule has 0 aliphatic heterocycles. The highest BCUT2D eigenvalue weighted by Gasteiger charge is 2.10. The molecule has 2 rings (SSSR count). The summed E-state index contributed by atoms with van der Waals surface area (Å²) in [7, 11) is 1.93. The Morgan fingerprint density at radius 2 is 2.33 bits per heavy atom. The minimum absolute atomic E-state index is 0.105. The fourth-order valence-electron chi connectivity index (χ4n) is 1.62. The number of hydrogen-bond donors (Lipinski definition) is 2. The van der Waals surface area contributed by atoms with Gasteiger partial charge >= 0.3 is 0 Å². The first kappa shape index (κ1) is 9.51. The van der Waals surface area contributed by atoms with E-state index < -0.39 is 0 Å². The van der Waals surface area contributed by atoms with Crippen LogP contribution in [0, 0.1) is 6.92 Å². The second-order valence-corrected chi connectivity index (χ2v) is 3.43. The maximum Gasteiger partial charge on any atom is 0.170 e. The molecular formula is C10H12N4O. The summed E-state index contributed by atoms with van der Waals surface area (Å²) in [5, 5.41) is 12.6. The van der Waals surface area contributed by atoms with Crippen LogP contribution in [0.3, 0.4) is 0 Å². The van der Waals surface area contributed by atoms with Gasteiger partial charge in [0.05, 0.1) is 0 Å². The highest BCUT2D eigenvalue weighted by atomic mass is 16.4. The molecule has 78 valence electrons. The van der Waals surface area contributed by atoms with Crippen LogP contribution in [0.4, 0.5) is 0 Å². The topological polar surface area (TPSA) is 76.4 Å². The predicted molar refractivity (Wildman–Crippen MR) is 58.0 cm³/mol. The highest BCUT2D eigenvalue weighted by Crippen LogP contribution is 2.19. The van der Waals surface area contributed by atoms with Crippen LogP contribution in [0.2, 0.25) is 0 Å². The first-order chi connectivity index (χ1) is 7.15. The van der Waals surface area contributed by atoms with E-state index in [4.69, 9.17) is 10.9 Å². The zero-order chi connectivity index (χ0) is 11.0. The molecule has 3 N–H and O–H groups in total. The van der Waals surface area contributed by atoms with Gasteiger partial charge in [0.2, 0.25) is 0 Å². The zero-order valence-corrected chi connectivity index (χ0v) is 8.60. The van der Waals surface area contributed by atoms with Gasteiger partial charge in [-0.3, -0.25) is 0 Å². The second-order valence-electron chi connectivity index (χ2n) is 3.43. The number of rotatable bonds is 1. The Morgan fingerprint density at radius 1 is 1.60 bits per heavy atom. The van der Waals surface area contributed by atoms with Crippen molar-refractivity contribution in [3.05, 3.63) is 29.6 Å². The van der Waals surface area contributed by atoms with E-state index in [0.29, 0.717) is 5.56 Å². The van der Waals surface area contributed by atoms with Crippen LogP contribution in [0.15, 0.2) is 23.5 Å². The van der Waals surface area contributed by atoms with Gasteiger partial charge in [0.25, 0.3) is 0 Å². The van der Waals surface area contributed by atoms with Crippen LogP contribution in [0.25, 0.3) is 11.0 Å². The number of pyridine rings is 1. The Bertz CT molecular complexity index is 542. The first-order valence-corrected chi connectivity index (χ1v) is 4.54. The maximum atomic E-state index is 8.66. The Morgan fingerprint density at radius 3 is 3.00 bits per heavy atom. The van der Waals surface area contributed by atoms with E-state index in [9.17, 15) is 0 Å². The molecular weight excluding hydrogens is 192 g/mol. The molecule has 0 aliphatic carbocycles. The molecule has 0 aromatic carbocycles. The van der Waals surface area contributed by atoms with Gasteiger partial charge in [-0.15, -0.1) is 0 Å². The molecule has 0 fully saturated rings. The molecule has 5 nitrogen and oxygen atoms in total. The van der Waals surface area contributed by atoms with Crippen LogP contribution in [0.5, 0.6) is 0 Å². The largest absolute Gasteiger partial charge is 0.409 e. The summed E-state index contributed by atoms with van der Waals surface area (Å²) in [5.74, 6) is 0.105. The van der Waals surface area contributed by atoms with Crippen LogP contribution in [-0.2, 0) is 7.05 Å². The fourth-order valence-corrected chi connectivity index (χ4v) is 1.62. The number of nitrogens with zero attached hydrogens (tertiary/aromatic N) is 3. The van der Waals surface area contributed by atoms with Crippen molar-refractivity contribution in [2.24, 2.45) is 17.9 Å². The van der Waals surface area contributed by atoms with Gasteiger partial charge < -0.3 is 15.5 Å². The summed E-state index contributed by atoms with van der Waals surface area (Å²) in [6.45, 7) is 1.98. The number of aromatic nitrogens is 2. The molecule has 0 atom stereocenters. The summed E-state index contributed by atoms with van der Waals surface area (Å²) in [6, 6.07) is 3.70. The number of fused-ring (bicyclic) bond motifs is 1. The molecule has 0 saturated heterocycles. The molecule has 0 spiro atoms. The van der Waals surface area contributed by atoms with E-state index in [-0.39, 0.29) is 5.84 Å². The van der Waals surface area contributed by atoms with E-state index in [1.807, 2.05) is 24.6 Å². The number of nitrogens with two attached hydrogens (primary N) is 1. The number of aryl methyl sites for hydroxylation is 2. The third kappa shape index (κ3) is 1.32. The summed E-state index contributed by atoms with van der Waals surface area (Å²) in [6.07, 6.45) is 1.65. The van der Waals surface area contributed by atoms with Crippen molar-refractivity contribution in [1.82, 2.24) is 9.55 Å². The lowest BCUT2D eigenvalue weighted by Crippen LogP contribution is -2.13. The molecule has 2 aromatic rings. The third-order valence-corrected chi connectivity index (χ3v) is 2.55. The molecule has 0 radical (unpaired) electrons. The Kier molecular flexibility index (Phi) is 2.07. The fraction of sp³-hybridized carbons (Fsp3) is 0.200. The lowest BCUT2D eigenvalue weighted by atomic mass is 10.1.